The minimum atomic E-state index is 0.219. The van der Waals surface area contributed by atoms with Crippen molar-refractivity contribution in [1.82, 2.24) is 5.32 Å². The van der Waals surface area contributed by atoms with Crippen LogP contribution in [-0.4, -0.2) is 13.7 Å². The van der Waals surface area contributed by atoms with Gasteiger partial charge < -0.3 is 10.1 Å². The van der Waals surface area contributed by atoms with Gasteiger partial charge in [-0.1, -0.05) is 35.3 Å². The molecule has 1 aromatic rings. The van der Waals surface area contributed by atoms with Gasteiger partial charge in [-0.05, 0) is 24.6 Å². The molecule has 0 bridgehead atoms. The Kier molecular flexibility index (Phi) is 5.67. The summed E-state index contributed by atoms with van der Waals surface area (Å²) in [5, 5.41) is 3.86. The highest BCUT2D eigenvalue weighted by molar-refractivity contribution is 6.36. The third kappa shape index (κ3) is 4.05. The van der Waals surface area contributed by atoms with E-state index in [1.54, 1.807) is 7.11 Å². The van der Waals surface area contributed by atoms with Gasteiger partial charge in [0.25, 0.3) is 0 Å². The van der Waals surface area contributed by atoms with Crippen LogP contribution in [0.15, 0.2) is 34.8 Å². The monoisotopic (exact) mass is 259 g/mol. The Hall–Kier alpha value is -0.700. The number of nitrogens with one attached hydrogen (secondary N) is 1. The molecule has 1 N–H and O–H groups in total. The van der Waals surface area contributed by atoms with Gasteiger partial charge in [0.05, 0.1) is 7.11 Å². The molecule has 0 radical (unpaired) electrons. The molecule has 0 amide bonds. The fourth-order valence-electron chi connectivity index (χ4n) is 1.30. The van der Waals surface area contributed by atoms with Gasteiger partial charge in [0.1, 0.15) is 5.75 Å². The van der Waals surface area contributed by atoms with E-state index in [2.05, 4.69) is 12.2 Å². The predicted octanol–water partition coefficient (Wildman–Crippen LogP) is 3.66. The van der Waals surface area contributed by atoms with Crippen LogP contribution < -0.4 is 10.1 Å². The number of benzene rings is 1. The van der Waals surface area contributed by atoms with Crippen molar-refractivity contribution in [3.63, 3.8) is 0 Å². The third-order valence-corrected chi connectivity index (χ3v) is 2.93. The molecule has 0 aliphatic carbocycles. The summed E-state index contributed by atoms with van der Waals surface area (Å²) in [7, 11) is 1.65. The fourth-order valence-corrected chi connectivity index (χ4v) is 1.45. The molecule has 0 aliphatic heterocycles. The van der Waals surface area contributed by atoms with Crippen LogP contribution in [0.25, 0.3) is 0 Å². The number of hydrogen-bond donors (Lipinski definition) is 1. The van der Waals surface area contributed by atoms with Crippen molar-refractivity contribution in [1.29, 1.82) is 0 Å². The van der Waals surface area contributed by atoms with Gasteiger partial charge >= 0.3 is 0 Å². The summed E-state index contributed by atoms with van der Waals surface area (Å²) in [5.41, 5.74) is 2.55. The normalized spacial score (nSPS) is 13.6. The Morgan fingerprint density at radius 1 is 1.44 bits per heavy atom. The van der Waals surface area contributed by atoms with E-state index in [-0.39, 0.29) is 6.04 Å². The van der Waals surface area contributed by atoms with E-state index < -0.39 is 0 Å². The topological polar surface area (TPSA) is 21.3 Å². The molecule has 0 aliphatic rings. The average Bonchev–Trinajstić information content (AvgIpc) is 2.35. The lowest BCUT2D eigenvalue weighted by atomic mass is 10.1. The first-order chi connectivity index (χ1) is 7.67. The molecule has 0 spiro atoms. The molecule has 0 heterocycles. The largest absolute Gasteiger partial charge is 0.497 e. The van der Waals surface area contributed by atoms with Gasteiger partial charge in [-0.25, -0.2) is 0 Å². The van der Waals surface area contributed by atoms with Crippen LogP contribution in [0.3, 0.4) is 0 Å². The molecule has 4 heteroatoms. The maximum Gasteiger partial charge on any atom is 0.118 e. The summed E-state index contributed by atoms with van der Waals surface area (Å²) in [6.07, 6.45) is 0. The van der Waals surface area contributed by atoms with Crippen molar-refractivity contribution in [3.05, 3.63) is 40.4 Å². The zero-order chi connectivity index (χ0) is 12.0. The smallest absolute Gasteiger partial charge is 0.118 e. The summed E-state index contributed by atoms with van der Waals surface area (Å²) in [5.74, 6) is 0.856. The van der Waals surface area contributed by atoms with Crippen molar-refractivity contribution in [2.45, 2.75) is 13.0 Å². The average molecular weight is 260 g/mol. The van der Waals surface area contributed by atoms with E-state index >= 15 is 0 Å². The van der Waals surface area contributed by atoms with Gasteiger partial charge in [-0.15, -0.1) is 0 Å². The Labute approximate surface area is 106 Å². The van der Waals surface area contributed by atoms with Gasteiger partial charge in [0.2, 0.25) is 0 Å². The maximum atomic E-state index is 5.79. The van der Waals surface area contributed by atoms with Crippen LogP contribution in [0.1, 0.15) is 18.5 Å². The van der Waals surface area contributed by atoms with E-state index in [4.69, 9.17) is 27.9 Å². The van der Waals surface area contributed by atoms with E-state index in [0.717, 1.165) is 5.75 Å². The van der Waals surface area contributed by atoms with Crippen molar-refractivity contribution in [2.24, 2.45) is 0 Å². The predicted molar refractivity (Wildman–Crippen MR) is 69.2 cm³/mol. The van der Waals surface area contributed by atoms with Crippen LogP contribution in [0.5, 0.6) is 5.75 Å². The van der Waals surface area contributed by atoms with Crippen molar-refractivity contribution >= 4 is 23.2 Å². The van der Waals surface area contributed by atoms with E-state index in [1.807, 2.05) is 24.3 Å². The maximum absolute atomic E-state index is 5.79. The lowest BCUT2D eigenvalue weighted by molar-refractivity contribution is 0.414. The highest BCUT2D eigenvalue weighted by atomic mass is 35.5. The molecule has 0 fully saturated rings. The number of hydrogen-bond acceptors (Lipinski definition) is 2. The second-order valence-electron chi connectivity index (χ2n) is 3.43. The van der Waals surface area contributed by atoms with Gasteiger partial charge in [-0.2, -0.15) is 0 Å². The first-order valence-corrected chi connectivity index (χ1v) is 5.81. The van der Waals surface area contributed by atoms with Crippen molar-refractivity contribution < 1.29 is 4.74 Å². The number of rotatable bonds is 5. The molecule has 0 saturated carbocycles. The second kappa shape index (κ2) is 6.79. The molecule has 1 aromatic carbocycles. The summed E-state index contributed by atoms with van der Waals surface area (Å²) in [6.45, 7) is 2.64. The molecule has 1 rings (SSSR count). The molecule has 88 valence electrons. The summed E-state index contributed by atoms with van der Waals surface area (Å²) in [4.78, 5) is 0. The van der Waals surface area contributed by atoms with E-state index in [9.17, 15) is 0 Å². The van der Waals surface area contributed by atoms with Gasteiger partial charge in [0, 0.05) is 23.2 Å². The molecular weight excluding hydrogens is 245 g/mol. The second-order valence-corrected chi connectivity index (χ2v) is 4.14. The van der Waals surface area contributed by atoms with Crippen LogP contribution in [0.4, 0.5) is 0 Å². The number of ether oxygens (including phenoxy) is 1. The molecule has 16 heavy (non-hydrogen) atoms. The van der Waals surface area contributed by atoms with Crippen molar-refractivity contribution in [3.8, 4) is 5.75 Å². The Bertz CT molecular complexity index is 349. The van der Waals surface area contributed by atoms with E-state index in [0.29, 0.717) is 11.6 Å². The standard InChI is InChI=1S/C12H15Cl2NO/c1-9(15-8-11(14)7-13)10-3-5-12(16-2)6-4-10/h3-7,9,15H,8H2,1-2H3/b11-7-/t9-/m0/s1. The zero-order valence-corrected chi connectivity index (χ0v) is 10.8. The molecule has 0 unspecified atom stereocenters. The highest BCUT2D eigenvalue weighted by Gasteiger charge is 2.04. The number of methoxy groups -OCH3 is 1. The summed E-state index contributed by atoms with van der Waals surface area (Å²) in [6, 6.07) is 8.14. The van der Waals surface area contributed by atoms with Gasteiger partial charge in [0.15, 0.2) is 0 Å². The van der Waals surface area contributed by atoms with Crippen LogP contribution in [-0.2, 0) is 0 Å². The molecule has 0 saturated heterocycles. The minimum absolute atomic E-state index is 0.219. The van der Waals surface area contributed by atoms with E-state index in [1.165, 1.54) is 11.1 Å². The molecular formula is C12H15Cl2NO. The fraction of sp³-hybridized carbons (Fsp3) is 0.333. The van der Waals surface area contributed by atoms with Crippen LogP contribution >= 0.6 is 23.2 Å². The highest BCUT2D eigenvalue weighted by Crippen LogP contribution is 2.17. The van der Waals surface area contributed by atoms with Crippen LogP contribution in [0, 0.1) is 0 Å². The van der Waals surface area contributed by atoms with Crippen molar-refractivity contribution in [2.75, 3.05) is 13.7 Å². The minimum Gasteiger partial charge on any atom is -0.497 e. The Morgan fingerprint density at radius 2 is 2.06 bits per heavy atom. The van der Waals surface area contributed by atoms with Gasteiger partial charge in [-0.3, -0.25) is 0 Å². The number of halogens is 2. The molecule has 0 aromatic heterocycles. The first kappa shape index (κ1) is 13.4. The lowest BCUT2D eigenvalue weighted by Gasteiger charge is -2.14. The zero-order valence-electron chi connectivity index (χ0n) is 9.34. The Morgan fingerprint density at radius 3 is 2.56 bits per heavy atom. The molecule has 1 atom stereocenters. The van der Waals surface area contributed by atoms with Crippen LogP contribution in [0.2, 0.25) is 0 Å². The quantitative estimate of drug-likeness (QED) is 0.872. The summed E-state index contributed by atoms with van der Waals surface area (Å²) < 4.78 is 5.10. The third-order valence-electron chi connectivity index (χ3n) is 2.31. The first-order valence-electron chi connectivity index (χ1n) is 4.99. The SMILES string of the molecule is COc1ccc([C@H](C)NC/C(Cl)=C/Cl)cc1. The Balaban J connectivity index is 2.55. The summed E-state index contributed by atoms with van der Waals surface area (Å²) >= 11 is 11.3. The molecule has 2 nitrogen and oxygen atoms in total. The lowest BCUT2D eigenvalue weighted by Crippen LogP contribution is -2.19.